The van der Waals surface area contributed by atoms with Gasteiger partial charge in [-0.05, 0) is 71.2 Å². The van der Waals surface area contributed by atoms with E-state index >= 15 is 0 Å². The van der Waals surface area contributed by atoms with Crippen LogP contribution in [0.25, 0.3) is 6.08 Å². The molecular formula is C27H23BrCl2N2O3. The van der Waals surface area contributed by atoms with Crippen molar-refractivity contribution >= 4 is 51.1 Å². The molecule has 0 fully saturated rings. The average molecular weight is 574 g/mol. The molecule has 5 nitrogen and oxygen atoms in total. The molecule has 0 radical (unpaired) electrons. The number of nitrogens with zero attached hydrogens (tertiary/aromatic N) is 1. The minimum Gasteiger partial charge on any atom is -0.490 e. The Kier molecular flexibility index (Phi) is 9.62. The predicted octanol–water partition coefficient (Wildman–Crippen LogP) is 7.52. The first-order chi connectivity index (χ1) is 16.8. The van der Waals surface area contributed by atoms with E-state index in [-0.39, 0.29) is 18.2 Å². The molecule has 0 heterocycles. The quantitative estimate of drug-likeness (QED) is 0.212. The number of hydrogen-bond acceptors (Lipinski definition) is 4. The van der Waals surface area contributed by atoms with Crippen LogP contribution in [0.1, 0.15) is 36.6 Å². The largest absolute Gasteiger partial charge is 0.490 e. The van der Waals surface area contributed by atoms with Gasteiger partial charge in [0.05, 0.1) is 17.1 Å². The van der Waals surface area contributed by atoms with Gasteiger partial charge in [0.1, 0.15) is 18.2 Å². The summed E-state index contributed by atoms with van der Waals surface area (Å²) in [7, 11) is 0. The Morgan fingerprint density at radius 1 is 1.14 bits per heavy atom. The highest BCUT2D eigenvalue weighted by atomic mass is 79.9. The van der Waals surface area contributed by atoms with Crippen LogP contribution in [0, 0.1) is 11.3 Å². The van der Waals surface area contributed by atoms with Crippen molar-refractivity contribution in [2.24, 2.45) is 0 Å². The summed E-state index contributed by atoms with van der Waals surface area (Å²) in [5.74, 6) is 0.486. The van der Waals surface area contributed by atoms with Gasteiger partial charge in [-0.2, -0.15) is 5.26 Å². The molecule has 1 amide bonds. The van der Waals surface area contributed by atoms with Gasteiger partial charge in [-0.3, -0.25) is 4.79 Å². The van der Waals surface area contributed by atoms with Gasteiger partial charge in [-0.25, -0.2) is 0 Å². The van der Waals surface area contributed by atoms with Gasteiger partial charge < -0.3 is 14.8 Å². The van der Waals surface area contributed by atoms with Crippen molar-refractivity contribution in [3.8, 4) is 17.6 Å². The van der Waals surface area contributed by atoms with Gasteiger partial charge in [0, 0.05) is 15.6 Å². The maximum absolute atomic E-state index is 12.7. The van der Waals surface area contributed by atoms with Crippen LogP contribution in [0.15, 0.2) is 70.7 Å². The minimum absolute atomic E-state index is 0.0243. The second-order valence-electron chi connectivity index (χ2n) is 7.56. The lowest BCUT2D eigenvalue weighted by molar-refractivity contribution is -0.117. The van der Waals surface area contributed by atoms with Crippen molar-refractivity contribution in [1.29, 1.82) is 5.26 Å². The number of hydrogen-bond donors (Lipinski definition) is 1. The fourth-order valence-electron chi connectivity index (χ4n) is 3.28. The van der Waals surface area contributed by atoms with Crippen molar-refractivity contribution in [2.45, 2.75) is 26.5 Å². The van der Waals surface area contributed by atoms with Crippen LogP contribution in [0.5, 0.6) is 11.5 Å². The highest BCUT2D eigenvalue weighted by molar-refractivity contribution is 9.10. The lowest BCUT2D eigenvalue weighted by atomic mass is 10.1. The van der Waals surface area contributed by atoms with Crippen LogP contribution in [0.2, 0.25) is 10.0 Å². The fraction of sp³-hybridized carbons (Fsp3) is 0.185. The number of ether oxygens (including phenoxy) is 2. The zero-order chi connectivity index (χ0) is 25.4. The standard InChI is InChI=1S/C27H23BrCl2N2O3/c1-3-34-25-13-18(11-21(15-31)27(33)32-17(2)19-7-5-4-6-8-19)12-23(28)26(25)35-16-20-9-10-22(29)14-24(20)30/h4-14,17H,3,16H2,1-2H3,(H,32,33)/b21-11-/t17-/m1/s1. The normalized spacial score (nSPS) is 11.9. The number of rotatable bonds is 9. The smallest absolute Gasteiger partial charge is 0.262 e. The Bertz CT molecular complexity index is 1270. The Morgan fingerprint density at radius 3 is 2.54 bits per heavy atom. The van der Waals surface area contributed by atoms with Crippen LogP contribution >= 0.6 is 39.1 Å². The zero-order valence-corrected chi connectivity index (χ0v) is 22.2. The van der Waals surface area contributed by atoms with Gasteiger partial charge >= 0.3 is 0 Å². The summed E-state index contributed by atoms with van der Waals surface area (Å²) in [4.78, 5) is 12.7. The topological polar surface area (TPSA) is 71.3 Å². The number of amides is 1. The molecule has 180 valence electrons. The Morgan fingerprint density at radius 2 is 1.89 bits per heavy atom. The second kappa shape index (κ2) is 12.6. The second-order valence-corrected chi connectivity index (χ2v) is 9.26. The third-order valence-electron chi connectivity index (χ3n) is 5.04. The van der Waals surface area contributed by atoms with Gasteiger partial charge in [0.15, 0.2) is 11.5 Å². The van der Waals surface area contributed by atoms with E-state index in [0.717, 1.165) is 11.1 Å². The highest BCUT2D eigenvalue weighted by Gasteiger charge is 2.17. The summed E-state index contributed by atoms with van der Waals surface area (Å²) >= 11 is 15.7. The molecule has 0 aliphatic heterocycles. The molecule has 35 heavy (non-hydrogen) atoms. The average Bonchev–Trinajstić information content (AvgIpc) is 2.83. The summed E-state index contributed by atoms with van der Waals surface area (Å²) in [6.45, 7) is 4.32. The third kappa shape index (κ3) is 7.25. The molecule has 1 N–H and O–H groups in total. The summed E-state index contributed by atoms with van der Waals surface area (Å²) in [6, 6.07) is 19.9. The molecule has 1 atom stereocenters. The van der Waals surface area contributed by atoms with Crippen molar-refractivity contribution in [1.82, 2.24) is 5.32 Å². The van der Waals surface area contributed by atoms with E-state index in [1.54, 1.807) is 30.3 Å². The molecule has 0 saturated heterocycles. The van der Waals surface area contributed by atoms with Crippen LogP contribution in [-0.4, -0.2) is 12.5 Å². The molecule has 0 unspecified atom stereocenters. The van der Waals surface area contributed by atoms with Gasteiger partial charge in [-0.15, -0.1) is 0 Å². The van der Waals surface area contributed by atoms with E-state index in [1.807, 2.05) is 50.2 Å². The molecule has 3 aromatic rings. The Hall–Kier alpha value is -2.98. The summed E-state index contributed by atoms with van der Waals surface area (Å²) < 4.78 is 12.4. The van der Waals surface area contributed by atoms with Gasteiger partial charge in [0.2, 0.25) is 0 Å². The van der Waals surface area contributed by atoms with Gasteiger partial charge in [-0.1, -0.05) is 59.6 Å². The highest BCUT2D eigenvalue weighted by Crippen LogP contribution is 2.38. The molecule has 0 bridgehead atoms. The van der Waals surface area contributed by atoms with E-state index in [1.165, 1.54) is 6.08 Å². The number of nitrogens with one attached hydrogen (secondary N) is 1. The number of carbonyl (C=O) groups is 1. The van der Waals surface area contributed by atoms with Crippen LogP contribution in [0.4, 0.5) is 0 Å². The number of halogens is 3. The Balaban J connectivity index is 1.83. The van der Waals surface area contributed by atoms with Crippen molar-refractivity contribution in [3.05, 3.63) is 97.4 Å². The number of carbonyl (C=O) groups excluding carboxylic acids is 1. The molecule has 3 aromatic carbocycles. The molecule has 0 aromatic heterocycles. The minimum atomic E-state index is -0.462. The molecule has 3 rings (SSSR count). The first kappa shape index (κ1) is 26.6. The van der Waals surface area contributed by atoms with Crippen LogP contribution in [-0.2, 0) is 11.4 Å². The molecule has 0 aliphatic carbocycles. The maximum Gasteiger partial charge on any atom is 0.262 e. The summed E-state index contributed by atoms with van der Waals surface area (Å²) in [5, 5.41) is 13.5. The van der Waals surface area contributed by atoms with Crippen molar-refractivity contribution in [2.75, 3.05) is 6.61 Å². The number of nitriles is 1. The van der Waals surface area contributed by atoms with Gasteiger partial charge in [0.25, 0.3) is 5.91 Å². The maximum atomic E-state index is 12.7. The predicted molar refractivity (Wildman–Crippen MR) is 143 cm³/mol. The Labute approximate surface area is 223 Å². The monoisotopic (exact) mass is 572 g/mol. The summed E-state index contributed by atoms with van der Waals surface area (Å²) in [5.41, 5.74) is 2.30. The third-order valence-corrected chi connectivity index (χ3v) is 6.22. The van der Waals surface area contributed by atoms with Crippen molar-refractivity contribution in [3.63, 3.8) is 0 Å². The first-order valence-electron chi connectivity index (χ1n) is 10.8. The van der Waals surface area contributed by atoms with E-state index in [2.05, 4.69) is 21.2 Å². The van der Waals surface area contributed by atoms with E-state index in [0.29, 0.717) is 38.2 Å². The lowest BCUT2D eigenvalue weighted by Gasteiger charge is -2.16. The van der Waals surface area contributed by atoms with E-state index < -0.39 is 5.91 Å². The van der Waals surface area contributed by atoms with Crippen molar-refractivity contribution < 1.29 is 14.3 Å². The first-order valence-corrected chi connectivity index (χ1v) is 12.4. The molecule has 0 saturated carbocycles. The SMILES string of the molecule is CCOc1cc(/C=C(/C#N)C(=O)N[C@H](C)c2ccccc2)cc(Br)c1OCc1ccc(Cl)cc1Cl. The van der Waals surface area contributed by atoms with E-state index in [9.17, 15) is 10.1 Å². The molecule has 8 heteroatoms. The molecular weight excluding hydrogens is 551 g/mol. The molecule has 0 aliphatic rings. The summed E-state index contributed by atoms with van der Waals surface area (Å²) in [6.07, 6.45) is 1.51. The van der Waals surface area contributed by atoms with Crippen LogP contribution in [0.3, 0.4) is 0 Å². The molecule has 0 spiro atoms. The van der Waals surface area contributed by atoms with E-state index in [4.69, 9.17) is 32.7 Å². The zero-order valence-electron chi connectivity index (χ0n) is 19.1. The fourth-order valence-corrected chi connectivity index (χ4v) is 4.31. The lowest BCUT2D eigenvalue weighted by Crippen LogP contribution is -2.27. The number of benzene rings is 3. The van der Waals surface area contributed by atoms with Crippen LogP contribution < -0.4 is 14.8 Å².